The van der Waals surface area contributed by atoms with Gasteiger partial charge in [0, 0.05) is 6.61 Å². The Morgan fingerprint density at radius 3 is 3.05 bits per heavy atom. The first-order valence-electron chi connectivity index (χ1n) is 6.47. The molecule has 1 aromatic rings. The summed E-state index contributed by atoms with van der Waals surface area (Å²) in [6.45, 7) is 3.11. The fourth-order valence-electron chi connectivity index (χ4n) is 2.55. The number of fused-ring (bicyclic) bond motifs is 1. The molecule has 0 bridgehead atoms. The summed E-state index contributed by atoms with van der Waals surface area (Å²) in [5.74, 6) is 1.15. The lowest BCUT2D eigenvalue weighted by molar-refractivity contribution is -0.118. The van der Waals surface area contributed by atoms with Gasteiger partial charge in [-0.3, -0.25) is 4.79 Å². The Kier molecular flexibility index (Phi) is 3.50. The molecule has 3 rings (SSSR count). The highest BCUT2D eigenvalue weighted by molar-refractivity contribution is 9.09. The van der Waals surface area contributed by atoms with Gasteiger partial charge < -0.3 is 14.8 Å². The summed E-state index contributed by atoms with van der Waals surface area (Å²) in [6.07, 6.45) is 1.27. The first-order chi connectivity index (χ1) is 9.15. The molecular weight excluding hydrogens is 310 g/mol. The van der Waals surface area contributed by atoms with E-state index in [1.165, 1.54) is 0 Å². The first-order valence-corrected chi connectivity index (χ1v) is 7.39. The van der Waals surface area contributed by atoms with E-state index < -0.39 is 0 Å². The van der Waals surface area contributed by atoms with Crippen LogP contribution in [-0.2, 0) is 9.53 Å². The Morgan fingerprint density at radius 2 is 2.32 bits per heavy atom. The van der Waals surface area contributed by atoms with Crippen LogP contribution in [-0.4, -0.2) is 25.2 Å². The van der Waals surface area contributed by atoms with E-state index in [9.17, 15) is 4.79 Å². The van der Waals surface area contributed by atoms with Gasteiger partial charge in [0.25, 0.3) is 5.91 Å². The van der Waals surface area contributed by atoms with Gasteiger partial charge in [0.2, 0.25) is 0 Å². The molecular formula is C14H16BrNO3. The molecule has 3 atom stereocenters. The minimum absolute atomic E-state index is 0.0901. The van der Waals surface area contributed by atoms with Gasteiger partial charge in [-0.1, -0.05) is 28.9 Å². The average molecular weight is 326 g/mol. The maximum absolute atomic E-state index is 11.3. The van der Waals surface area contributed by atoms with Crippen molar-refractivity contribution in [2.24, 2.45) is 5.92 Å². The highest BCUT2D eigenvalue weighted by Gasteiger charge is 2.32. The topological polar surface area (TPSA) is 47.6 Å². The standard InChI is InChI=1S/C14H16BrNO3/c1-8-4-5-18-14(8)13(15)9-2-3-11-10(6-9)16-12(17)7-19-11/h2-3,6,8,13-14H,4-5,7H2,1H3,(H,16,17). The Bertz CT molecular complexity index is 505. The van der Waals surface area contributed by atoms with E-state index in [0.29, 0.717) is 5.92 Å². The third-order valence-corrected chi connectivity index (χ3v) is 4.74. The summed E-state index contributed by atoms with van der Waals surface area (Å²) < 4.78 is 11.1. The van der Waals surface area contributed by atoms with E-state index in [4.69, 9.17) is 9.47 Å². The van der Waals surface area contributed by atoms with Crippen LogP contribution < -0.4 is 10.1 Å². The van der Waals surface area contributed by atoms with Crippen LogP contribution in [0.3, 0.4) is 0 Å². The molecule has 1 saturated heterocycles. The van der Waals surface area contributed by atoms with Gasteiger partial charge in [-0.2, -0.15) is 0 Å². The van der Waals surface area contributed by atoms with Crippen molar-refractivity contribution in [1.29, 1.82) is 0 Å². The number of carbonyl (C=O) groups excluding carboxylic acids is 1. The van der Waals surface area contributed by atoms with Crippen molar-refractivity contribution in [2.75, 3.05) is 18.5 Å². The fraction of sp³-hybridized carbons (Fsp3) is 0.500. The molecule has 19 heavy (non-hydrogen) atoms. The average Bonchev–Trinajstić information content (AvgIpc) is 2.83. The number of benzene rings is 1. The SMILES string of the molecule is CC1CCOC1C(Br)c1ccc2c(c1)NC(=O)CO2. The molecule has 1 fully saturated rings. The van der Waals surface area contributed by atoms with Gasteiger partial charge in [-0.05, 0) is 30.0 Å². The monoisotopic (exact) mass is 325 g/mol. The summed E-state index contributed by atoms with van der Waals surface area (Å²) in [4.78, 5) is 11.5. The van der Waals surface area contributed by atoms with Crippen LogP contribution in [0.5, 0.6) is 5.75 Å². The number of ether oxygens (including phenoxy) is 2. The molecule has 1 aromatic carbocycles. The van der Waals surface area contributed by atoms with Crippen molar-refractivity contribution >= 4 is 27.5 Å². The summed E-state index contributed by atoms with van der Waals surface area (Å²) >= 11 is 3.72. The van der Waals surface area contributed by atoms with E-state index in [2.05, 4.69) is 28.2 Å². The molecule has 2 aliphatic heterocycles. The highest BCUT2D eigenvalue weighted by Crippen LogP contribution is 2.40. The number of amides is 1. The van der Waals surface area contributed by atoms with Gasteiger partial charge in [0.1, 0.15) is 5.75 Å². The molecule has 1 amide bonds. The van der Waals surface area contributed by atoms with Crippen LogP contribution in [0.4, 0.5) is 5.69 Å². The third kappa shape index (κ3) is 2.49. The number of halogens is 1. The molecule has 1 N–H and O–H groups in total. The number of hydrogen-bond donors (Lipinski definition) is 1. The third-order valence-electron chi connectivity index (χ3n) is 3.69. The van der Waals surface area contributed by atoms with Crippen molar-refractivity contribution < 1.29 is 14.3 Å². The predicted molar refractivity (Wildman–Crippen MR) is 75.8 cm³/mol. The summed E-state index contributed by atoms with van der Waals surface area (Å²) in [6, 6.07) is 5.88. The Morgan fingerprint density at radius 1 is 1.47 bits per heavy atom. The Hall–Kier alpha value is -1.07. The molecule has 0 aliphatic carbocycles. The molecule has 102 valence electrons. The van der Waals surface area contributed by atoms with Gasteiger partial charge in [-0.15, -0.1) is 0 Å². The number of anilines is 1. The van der Waals surface area contributed by atoms with Crippen molar-refractivity contribution in [2.45, 2.75) is 24.3 Å². The normalized spacial score (nSPS) is 27.4. The lowest BCUT2D eigenvalue weighted by atomic mass is 9.97. The number of carbonyl (C=O) groups is 1. The maximum Gasteiger partial charge on any atom is 0.262 e. The van der Waals surface area contributed by atoms with Crippen molar-refractivity contribution in [3.05, 3.63) is 23.8 Å². The zero-order chi connectivity index (χ0) is 13.4. The van der Waals surface area contributed by atoms with Gasteiger partial charge in [0.15, 0.2) is 6.61 Å². The van der Waals surface area contributed by atoms with Crippen LogP contribution in [0, 0.1) is 5.92 Å². The second-order valence-corrected chi connectivity index (χ2v) is 6.08. The largest absolute Gasteiger partial charge is 0.482 e. The molecule has 4 nitrogen and oxygen atoms in total. The summed E-state index contributed by atoms with van der Waals surface area (Å²) in [7, 11) is 0. The van der Waals surface area contributed by atoms with Gasteiger partial charge in [0.05, 0.1) is 16.6 Å². The number of nitrogens with one attached hydrogen (secondary N) is 1. The second kappa shape index (κ2) is 5.13. The lowest BCUT2D eigenvalue weighted by Gasteiger charge is -2.24. The Labute approximate surface area is 120 Å². The van der Waals surface area contributed by atoms with Crippen LogP contribution >= 0.6 is 15.9 Å². The minimum Gasteiger partial charge on any atom is -0.482 e. The number of alkyl halides is 1. The molecule has 0 saturated carbocycles. The van der Waals surface area contributed by atoms with Crippen molar-refractivity contribution in [1.82, 2.24) is 0 Å². The molecule has 0 radical (unpaired) electrons. The zero-order valence-corrected chi connectivity index (χ0v) is 12.3. The smallest absolute Gasteiger partial charge is 0.262 e. The van der Waals surface area contributed by atoms with Crippen LogP contribution in [0.2, 0.25) is 0 Å². The molecule has 0 aromatic heterocycles. The van der Waals surface area contributed by atoms with Gasteiger partial charge >= 0.3 is 0 Å². The molecule has 2 heterocycles. The van der Waals surface area contributed by atoms with E-state index in [1.807, 2.05) is 18.2 Å². The number of rotatable bonds is 2. The molecule has 5 heteroatoms. The summed E-state index contributed by atoms with van der Waals surface area (Å²) in [5.41, 5.74) is 1.84. The summed E-state index contributed by atoms with van der Waals surface area (Å²) in [5, 5.41) is 2.83. The highest BCUT2D eigenvalue weighted by atomic mass is 79.9. The minimum atomic E-state index is -0.110. The molecule has 0 spiro atoms. The lowest BCUT2D eigenvalue weighted by Crippen LogP contribution is -2.26. The van der Waals surface area contributed by atoms with Crippen LogP contribution in [0.25, 0.3) is 0 Å². The van der Waals surface area contributed by atoms with E-state index in [1.54, 1.807) is 0 Å². The Balaban J connectivity index is 1.85. The molecule has 3 unspecified atom stereocenters. The van der Waals surface area contributed by atoms with E-state index in [-0.39, 0.29) is 23.4 Å². The van der Waals surface area contributed by atoms with E-state index >= 15 is 0 Å². The predicted octanol–water partition coefficient (Wildman–Crippen LogP) is 2.88. The second-order valence-electron chi connectivity index (χ2n) is 5.10. The van der Waals surface area contributed by atoms with Crippen molar-refractivity contribution in [3.63, 3.8) is 0 Å². The van der Waals surface area contributed by atoms with Crippen molar-refractivity contribution in [3.8, 4) is 5.75 Å². The van der Waals surface area contributed by atoms with Crippen LogP contribution in [0.15, 0.2) is 18.2 Å². The zero-order valence-electron chi connectivity index (χ0n) is 10.7. The van der Waals surface area contributed by atoms with Crippen LogP contribution in [0.1, 0.15) is 23.7 Å². The van der Waals surface area contributed by atoms with E-state index in [0.717, 1.165) is 30.0 Å². The molecule has 2 aliphatic rings. The first kappa shape index (κ1) is 12.9. The van der Waals surface area contributed by atoms with Gasteiger partial charge in [-0.25, -0.2) is 0 Å². The quantitative estimate of drug-likeness (QED) is 0.850. The maximum atomic E-state index is 11.3. The number of hydrogen-bond acceptors (Lipinski definition) is 3. The fourth-order valence-corrected chi connectivity index (χ4v) is 3.51.